The lowest BCUT2D eigenvalue weighted by Crippen LogP contribution is -2.33. The molecular formula is C22H28N6O. The molecule has 1 aromatic carbocycles. The fourth-order valence-corrected chi connectivity index (χ4v) is 3.37. The molecule has 0 saturated carbocycles. The minimum absolute atomic E-state index is 0.0442. The first-order valence-corrected chi connectivity index (χ1v) is 9.93. The van der Waals surface area contributed by atoms with Crippen LogP contribution in [0.1, 0.15) is 42.0 Å². The molecule has 7 heteroatoms. The summed E-state index contributed by atoms with van der Waals surface area (Å²) in [6.45, 7) is 8.92. The molecule has 7 nitrogen and oxygen atoms in total. The first-order chi connectivity index (χ1) is 14.0. The molecule has 0 fully saturated rings. The molecule has 1 atom stereocenters. The predicted molar refractivity (Wildman–Crippen MR) is 114 cm³/mol. The van der Waals surface area contributed by atoms with E-state index in [0.717, 1.165) is 29.2 Å². The van der Waals surface area contributed by atoms with Gasteiger partial charge in [0.2, 0.25) is 5.91 Å². The van der Waals surface area contributed by atoms with E-state index in [9.17, 15) is 4.79 Å². The standard InChI is InChI=1S/C22H28N6O/c1-5-19(18-9-7-6-8-10-18)22(29)24-12-11-23-20-14-21(26-17(4)25-20)28-16(3)13-15(2)27-28/h6-10,13-14,19H,5,11-12H2,1-4H3,(H,24,29)(H,23,25,26)/t19-/m1/s1. The van der Waals surface area contributed by atoms with E-state index in [1.54, 1.807) is 0 Å². The maximum Gasteiger partial charge on any atom is 0.227 e. The van der Waals surface area contributed by atoms with E-state index in [0.29, 0.717) is 24.7 Å². The number of carbonyl (C=O) groups is 1. The molecule has 0 saturated heterocycles. The zero-order valence-electron chi connectivity index (χ0n) is 17.4. The molecule has 0 radical (unpaired) electrons. The number of amides is 1. The summed E-state index contributed by atoms with van der Waals surface area (Å²) in [5.41, 5.74) is 3.01. The largest absolute Gasteiger partial charge is 0.368 e. The van der Waals surface area contributed by atoms with Crippen LogP contribution in [0.5, 0.6) is 0 Å². The van der Waals surface area contributed by atoms with E-state index < -0.39 is 0 Å². The monoisotopic (exact) mass is 392 g/mol. The predicted octanol–water partition coefficient (Wildman–Crippen LogP) is 3.31. The second kappa shape index (κ2) is 9.32. The normalized spacial score (nSPS) is 11.9. The highest BCUT2D eigenvalue weighted by Crippen LogP contribution is 2.19. The van der Waals surface area contributed by atoms with Crippen LogP contribution in [0.25, 0.3) is 5.82 Å². The van der Waals surface area contributed by atoms with Crippen LogP contribution in [-0.2, 0) is 4.79 Å². The molecule has 2 N–H and O–H groups in total. The van der Waals surface area contributed by atoms with E-state index in [2.05, 4.69) is 25.7 Å². The fourth-order valence-electron chi connectivity index (χ4n) is 3.37. The number of hydrogen-bond acceptors (Lipinski definition) is 5. The number of aryl methyl sites for hydroxylation is 3. The number of carbonyl (C=O) groups excluding carboxylic acids is 1. The summed E-state index contributed by atoms with van der Waals surface area (Å²) in [7, 11) is 0. The summed E-state index contributed by atoms with van der Waals surface area (Å²) in [5.74, 6) is 2.02. The fraction of sp³-hybridized carbons (Fsp3) is 0.364. The smallest absolute Gasteiger partial charge is 0.227 e. The van der Waals surface area contributed by atoms with Gasteiger partial charge in [-0.2, -0.15) is 5.10 Å². The van der Waals surface area contributed by atoms with Gasteiger partial charge in [0, 0.05) is 24.8 Å². The lowest BCUT2D eigenvalue weighted by Gasteiger charge is -2.16. The second-order valence-corrected chi connectivity index (χ2v) is 7.09. The molecule has 0 bridgehead atoms. The summed E-state index contributed by atoms with van der Waals surface area (Å²) < 4.78 is 1.81. The minimum atomic E-state index is -0.130. The van der Waals surface area contributed by atoms with Crippen LogP contribution in [-0.4, -0.2) is 38.7 Å². The van der Waals surface area contributed by atoms with Crippen molar-refractivity contribution in [1.29, 1.82) is 0 Å². The number of anilines is 1. The number of nitrogens with one attached hydrogen (secondary N) is 2. The molecule has 0 aliphatic rings. The summed E-state index contributed by atoms with van der Waals surface area (Å²) in [6, 6.07) is 13.8. The first-order valence-electron chi connectivity index (χ1n) is 9.93. The maximum atomic E-state index is 12.5. The average molecular weight is 393 g/mol. The van der Waals surface area contributed by atoms with Gasteiger partial charge in [0.1, 0.15) is 11.6 Å². The van der Waals surface area contributed by atoms with Gasteiger partial charge in [-0.1, -0.05) is 37.3 Å². The van der Waals surface area contributed by atoms with Crippen molar-refractivity contribution in [1.82, 2.24) is 25.1 Å². The van der Waals surface area contributed by atoms with Crippen molar-refractivity contribution >= 4 is 11.7 Å². The molecule has 3 rings (SSSR count). The Hall–Kier alpha value is -3.22. The van der Waals surface area contributed by atoms with Crippen LogP contribution in [0.15, 0.2) is 42.5 Å². The SMILES string of the molecule is CC[C@@H](C(=O)NCCNc1cc(-n2nc(C)cc2C)nc(C)n1)c1ccccc1. The van der Waals surface area contributed by atoms with E-state index in [-0.39, 0.29) is 11.8 Å². The Balaban J connectivity index is 1.58. The van der Waals surface area contributed by atoms with Crippen molar-refractivity contribution in [2.75, 3.05) is 18.4 Å². The van der Waals surface area contributed by atoms with Crippen molar-refractivity contribution in [2.45, 2.75) is 40.0 Å². The Morgan fingerprint density at radius 3 is 2.48 bits per heavy atom. The summed E-state index contributed by atoms with van der Waals surface area (Å²) in [6.07, 6.45) is 0.764. The molecule has 2 heterocycles. The Morgan fingerprint density at radius 1 is 1.07 bits per heavy atom. The van der Waals surface area contributed by atoms with Gasteiger partial charge < -0.3 is 10.6 Å². The Kier molecular flexibility index (Phi) is 6.59. The van der Waals surface area contributed by atoms with Crippen LogP contribution in [0.4, 0.5) is 5.82 Å². The van der Waals surface area contributed by atoms with Crippen LogP contribution in [0.2, 0.25) is 0 Å². The molecular weight excluding hydrogens is 364 g/mol. The Bertz CT molecular complexity index is 967. The lowest BCUT2D eigenvalue weighted by molar-refractivity contribution is -0.122. The molecule has 0 aliphatic heterocycles. The molecule has 1 amide bonds. The Labute approximate surface area is 171 Å². The third-order valence-corrected chi connectivity index (χ3v) is 4.71. The van der Waals surface area contributed by atoms with E-state index in [1.807, 2.05) is 74.8 Å². The zero-order valence-corrected chi connectivity index (χ0v) is 17.4. The Morgan fingerprint density at radius 2 is 1.83 bits per heavy atom. The molecule has 2 aromatic heterocycles. The second-order valence-electron chi connectivity index (χ2n) is 7.09. The van der Waals surface area contributed by atoms with Crippen LogP contribution in [0, 0.1) is 20.8 Å². The molecule has 0 spiro atoms. The van der Waals surface area contributed by atoms with Crippen molar-refractivity contribution in [3.63, 3.8) is 0 Å². The van der Waals surface area contributed by atoms with E-state index in [1.165, 1.54) is 0 Å². The summed E-state index contributed by atoms with van der Waals surface area (Å²) in [4.78, 5) is 21.5. The van der Waals surface area contributed by atoms with Crippen LogP contribution < -0.4 is 10.6 Å². The van der Waals surface area contributed by atoms with Crippen molar-refractivity contribution in [3.05, 3.63) is 65.2 Å². The highest BCUT2D eigenvalue weighted by Gasteiger charge is 2.17. The van der Waals surface area contributed by atoms with Crippen molar-refractivity contribution < 1.29 is 4.79 Å². The third kappa shape index (κ3) is 5.19. The number of nitrogens with zero attached hydrogens (tertiary/aromatic N) is 4. The van der Waals surface area contributed by atoms with Gasteiger partial charge in [0.05, 0.1) is 11.6 Å². The number of aromatic nitrogens is 4. The van der Waals surface area contributed by atoms with Gasteiger partial charge in [-0.3, -0.25) is 4.79 Å². The topological polar surface area (TPSA) is 84.7 Å². The zero-order chi connectivity index (χ0) is 20.8. The van der Waals surface area contributed by atoms with E-state index in [4.69, 9.17) is 0 Å². The molecule has 152 valence electrons. The lowest BCUT2D eigenvalue weighted by atomic mass is 9.96. The van der Waals surface area contributed by atoms with Gasteiger partial charge in [0.25, 0.3) is 0 Å². The highest BCUT2D eigenvalue weighted by molar-refractivity contribution is 5.83. The molecule has 0 unspecified atom stereocenters. The maximum absolute atomic E-state index is 12.5. The number of hydrogen-bond donors (Lipinski definition) is 2. The molecule has 3 aromatic rings. The quantitative estimate of drug-likeness (QED) is 0.575. The molecule has 0 aliphatic carbocycles. The molecule has 29 heavy (non-hydrogen) atoms. The van der Waals surface area contributed by atoms with Gasteiger partial charge in [0.15, 0.2) is 5.82 Å². The van der Waals surface area contributed by atoms with Crippen LogP contribution in [0.3, 0.4) is 0 Å². The first kappa shape index (κ1) is 20.5. The third-order valence-electron chi connectivity index (χ3n) is 4.71. The average Bonchev–Trinajstić information content (AvgIpc) is 3.04. The summed E-state index contributed by atoms with van der Waals surface area (Å²) >= 11 is 0. The summed E-state index contributed by atoms with van der Waals surface area (Å²) in [5, 5.41) is 10.8. The van der Waals surface area contributed by atoms with Gasteiger partial charge in [-0.15, -0.1) is 0 Å². The number of benzene rings is 1. The van der Waals surface area contributed by atoms with Gasteiger partial charge in [-0.05, 0) is 38.8 Å². The van der Waals surface area contributed by atoms with Crippen molar-refractivity contribution in [3.8, 4) is 5.82 Å². The van der Waals surface area contributed by atoms with E-state index >= 15 is 0 Å². The van der Waals surface area contributed by atoms with Gasteiger partial charge >= 0.3 is 0 Å². The van der Waals surface area contributed by atoms with Crippen molar-refractivity contribution in [2.24, 2.45) is 0 Å². The number of rotatable bonds is 8. The van der Waals surface area contributed by atoms with Gasteiger partial charge in [-0.25, -0.2) is 14.6 Å². The van der Waals surface area contributed by atoms with Crippen LogP contribution >= 0.6 is 0 Å². The minimum Gasteiger partial charge on any atom is -0.368 e. The highest BCUT2D eigenvalue weighted by atomic mass is 16.1.